The summed E-state index contributed by atoms with van der Waals surface area (Å²) < 4.78 is 11.2. The highest BCUT2D eigenvalue weighted by atomic mass is 16.3. The summed E-state index contributed by atoms with van der Waals surface area (Å²) in [7, 11) is 0. The first-order chi connectivity index (χ1) is 31.2. The fourth-order valence-corrected chi connectivity index (χ4v) is 9.56. The molecule has 0 bridgehead atoms. The molecule has 0 radical (unpaired) electrons. The Hall–Kier alpha value is -8.61. The number of hydrogen-bond acceptors (Lipinski definition) is 4. The third-order valence-electron chi connectivity index (χ3n) is 12.4. The van der Waals surface area contributed by atoms with Gasteiger partial charge in [-0.15, -0.1) is 0 Å². The summed E-state index contributed by atoms with van der Waals surface area (Å²) in [5, 5.41) is 6.69. The minimum atomic E-state index is 0.552. The maximum Gasteiger partial charge on any atom is 0.167 e. The first-order valence-electron chi connectivity index (χ1n) is 21.2. The molecule has 0 saturated heterocycles. The summed E-state index contributed by atoms with van der Waals surface area (Å²) in [6.45, 7) is 0. The van der Waals surface area contributed by atoms with Crippen molar-refractivity contribution in [2.45, 2.75) is 0 Å². The lowest BCUT2D eigenvalue weighted by Gasteiger charge is -2.10. The molecule has 0 spiro atoms. The van der Waals surface area contributed by atoms with E-state index < -0.39 is 0 Å². The second-order valence-electron chi connectivity index (χ2n) is 16.0. The van der Waals surface area contributed by atoms with Gasteiger partial charge < -0.3 is 13.6 Å². The molecule has 13 rings (SSSR count). The lowest BCUT2D eigenvalue weighted by atomic mass is 9.99. The molecule has 63 heavy (non-hydrogen) atoms. The van der Waals surface area contributed by atoms with Gasteiger partial charge in [0.25, 0.3) is 0 Å². The Labute approximate surface area is 361 Å². The molecule has 6 heteroatoms. The van der Waals surface area contributed by atoms with Crippen molar-refractivity contribution in [1.29, 1.82) is 0 Å². The van der Waals surface area contributed by atoms with Crippen molar-refractivity contribution in [2.24, 2.45) is 0 Å². The van der Waals surface area contributed by atoms with Crippen LogP contribution in [0.1, 0.15) is 0 Å². The van der Waals surface area contributed by atoms with Crippen LogP contribution in [0.4, 0.5) is 0 Å². The van der Waals surface area contributed by atoms with Crippen LogP contribution < -0.4 is 0 Å². The number of furan rings is 1. The second kappa shape index (κ2) is 14.0. The van der Waals surface area contributed by atoms with Crippen molar-refractivity contribution >= 4 is 65.6 Å². The zero-order valence-electron chi connectivity index (χ0n) is 33.9. The van der Waals surface area contributed by atoms with Crippen LogP contribution in [0.2, 0.25) is 0 Å². The molecule has 9 aromatic carbocycles. The highest BCUT2D eigenvalue weighted by molar-refractivity contribution is 6.17. The third kappa shape index (κ3) is 5.55. The number of aromatic nitrogens is 5. The van der Waals surface area contributed by atoms with Crippen LogP contribution in [0.15, 0.2) is 217 Å². The molecule has 4 heterocycles. The molecule has 0 amide bonds. The Bertz CT molecular complexity index is 3900. The van der Waals surface area contributed by atoms with Gasteiger partial charge in [0.05, 0.1) is 27.6 Å². The molecule has 0 aliphatic carbocycles. The number of hydrogen-bond donors (Lipinski definition) is 0. The number of rotatable bonds is 6. The van der Waals surface area contributed by atoms with Gasteiger partial charge in [-0.25, -0.2) is 15.0 Å². The Kier molecular flexibility index (Phi) is 7.80. The van der Waals surface area contributed by atoms with E-state index in [1.807, 2.05) is 54.6 Å². The molecule has 0 N–H and O–H groups in total. The fraction of sp³-hybridized carbons (Fsp3) is 0. The summed E-state index contributed by atoms with van der Waals surface area (Å²) >= 11 is 0. The maximum atomic E-state index is 6.53. The molecule has 4 aromatic heterocycles. The van der Waals surface area contributed by atoms with Crippen LogP contribution in [-0.4, -0.2) is 24.1 Å². The molecule has 0 fully saturated rings. The molecular weight excluding hydrogens is 771 g/mol. The minimum Gasteiger partial charge on any atom is -0.455 e. The van der Waals surface area contributed by atoms with E-state index >= 15 is 0 Å². The number of benzene rings is 9. The van der Waals surface area contributed by atoms with Gasteiger partial charge in [0.15, 0.2) is 17.5 Å². The first kappa shape index (κ1) is 35.2. The molecular formula is C57H35N5O. The third-order valence-corrected chi connectivity index (χ3v) is 12.4. The van der Waals surface area contributed by atoms with Crippen molar-refractivity contribution in [3.05, 3.63) is 212 Å². The van der Waals surface area contributed by atoms with Crippen molar-refractivity contribution in [3.8, 4) is 56.7 Å². The molecule has 0 saturated carbocycles. The van der Waals surface area contributed by atoms with Gasteiger partial charge >= 0.3 is 0 Å². The highest BCUT2D eigenvalue weighted by Crippen LogP contribution is 2.42. The summed E-state index contributed by atoms with van der Waals surface area (Å²) in [6.07, 6.45) is 0. The molecule has 0 aliphatic rings. The molecule has 13 aromatic rings. The highest BCUT2D eigenvalue weighted by Gasteiger charge is 2.22. The molecule has 6 nitrogen and oxygen atoms in total. The quantitative estimate of drug-likeness (QED) is 0.168. The number of nitrogens with zero attached hydrogens (tertiary/aromatic N) is 5. The van der Waals surface area contributed by atoms with Gasteiger partial charge in [-0.1, -0.05) is 140 Å². The van der Waals surface area contributed by atoms with Gasteiger partial charge in [-0.05, 0) is 83.9 Å². The molecule has 294 valence electrons. The Morgan fingerprint density at radius 1 is 0.317 bits per heavy atom. The zero-order valence-corrected chi connectivity index (χ0v) is 33.9. The van der Waals surface area contributed by atoms with Crippen LogP contribution in [-0.2, 0) is 0 Å². The average molecular weight is 806 g/mol. The normalized spacial score (nSPS) is 11.8. The fourth-order valence-electron chi connectivity index (χ4n) is 9.56. The van der Waals surface area contributed by atoms with Crippen molar-refractivity contribution < 1.29 is 4.42 Å². The predicted molar refractivity (Wildman–Crippen MR) is 258 cm³/mol. The van der Waals surface area contributed by atoms with E-state index in [1.165, 1.54) is 21.8 Å². The SMILES string of the molecule is c1ccc(-c2nc(-c3cccc4c3oc3ccccc34)nc(-c3cccc4c3c3cc(-c5ccc6c(c5)c5ccccc5n6-c5ccccc5)ccc3n4-c3ccccc3)n2)cc1. The molecule has 0 atom stereocenters. The molecule has 0 unspecified atom stereocenters. The lowest BCUT2D eigenvalue weighted by Crippen LogP contribution is -2.00. The van der Waals surface area contributed by atoms with E-state index in [-0.39, 0.29) is 0 Å². The Balaban J connectivity index is 1.06. The smallest absolute Gasteiger partial charge is 0.167 e. The van der Waals surface area contributed by atoms with Crippen LogP contribution in [0.5, 0.6) is 0 Å². The van der Waals surface area contributed by atoms with Crippen LogP contribution in [0.3, 0.4) is 0 Å². The Morgan fingerprint density at radius 3 is 1.57 bits per heavy atom. The summed E-state index contributed by atoms with van der Waals surface area (Å²) in [5.74, 6) is 1.73. The van der Waals surface area contributed by atoms with Gasteiger partial charge in [0.1, 0.15) is 11.2 Å². The van der Waals surface area contributed by atoms with E-state index in [1.54, 1.807) is 0 Å². The summed E-state index contributed by atoms with van der Waals surface area (Å²) in [6, 6.07) is 74.5. The van der Waals surface area contributed by atoms with Gasteiger partial charge in [-0.3, -0.25) is 0 Å². The molecule has 0 aliphatic heterocycles. The van der Waals surface area contributed by atoms with Crippen molar-refractivity contribution in [2.75, 3.05) is 0 Å². The van der Waals surface area contributed by atoms with E-state index in [2.05, 4.69) is 167 Å². The largest absolute Gasteiger partial charge is 0.455 e. The summed E-state index contributed by atoms with van der Waals surface area (Å²) in [4.78, 5) is 15.8. The zero-order chi connectivity index (χ0) is 41.4. The van der Waals surface area contributed by atoms with E-state index in [4.69, 9.17) is 19.4 Å². The summed E-state index contributed by atoms with van der Waals surface area (Å²) in [5.41, 5.74) is 13.2. The van der Waals surface area contributed by atoms with Crippen LogP contribution >= 0.6 is 0 Å². The lowest BCUT2D eigenvalue weighted by molar-refractivity contribution is 0.669. The second-order valence-corrected chi connectivity index (χ2v) is 16.0. The standard InChI is InChI=1S/C57H35N5O/c1-4-16-36(17-5-1)55-58-56(60-57(59-55)45-26-14-24-43-42-23-11-13-29-52(42)63-54(43)45)44-25-15-28-51-53(44)47-35-38(31-33-50(47)62(51)40-20-8-3-9-21-40)37-30-32-49-46(34-37)41-22-10-12-27-48(41)61(49)39-18-6-2-7-19-39/h1-35H. The van der Waals surface area contributed by atoms with Gasteiger partial charge in [0, 0.05) is 54.8 Å². The van der Waals surface area contributed by atoms with Crippen molar-refractivity contribution in [1.82, 2.24) is 24.1 Å². The monoisotopic (exact) mass is 805 g/mol. The topological polar surface area (TPSA) is 61.7 Å². The van der Waals surface area contributed by atoms with Crippen LogP contribution in [0, 0.1) is 0 Å². The maximum absolute atomic E-state index is 6.53. The Morgan fingerprint density at radius 2 is 0.825 bits per heavy atom. The number of para-hydroxylation sites is 5. The van der Waals surface area contributed by atoms with E-state index in [9.17, 15) is 0 Å². The van der Waals surface area contributed by atoms with Gasteiger partial charge in [-0.2, -0.15) is 0 Å². The number of fused-ring (bicyclic) bond motifs is 9. The first-order valence-corrected chi connectivity index (χ1v) is 21.2. The minimum absolute atomic E-state index is 0.552. The predicted octanol–water partition coefficient (Wildman–Crippen LogP) is 14.6. The van der Waals surface area contributed by atoms with Crippen LogP contribution in [0.25, 0.3) is 122 Å². The van der Waals surface area contributed by atoms with Crippen molar-refractivity contribution in [3.63, 3.8) is 0 Å². The van der Waals surface area contributed by atoms with Gasteiger partial charge in [0.2, 0.25) is 0 Å². The van der Waals surface area contributed by atoms with E-state index in [0.717, 1.165) is 82.9 Å². The van der Waals surface area contributed by atoms with E-state index in [0.29, 0.717) is 17.5 Å². The average Bonchev–Trinajstić information content (AvgIpc) is 4.02.